The van der Waals surface area contributed by atoms with Gasteiger partial charge in [0.15, 0.2) is 0 Å². The van der Waals surface area contributed by atoms with Gasteiger partial charge < -0.3 is 9.47 Å². The molecule has 1 fully saturated rings. The van der Waals surface area contributed by atoms with Crippen LogP contribution in [0.5, 0.6) is 0 Å². The molecule has 0 heterocycles. The number of esters is 1. The van der Waals surface area contributed by atoms with Gasteiger partial charge in [-0.1, -0.05) is 24.6 Å². The van der Waals surface area contributed by atoms with E-state index < -0.39 is 5.60 Å². The molecule has 0 amide bonds. The molecule has 1 aromatic carbocycles. The molecule has 1 aromatic rings. The van der Waals surface area contributed by atoms with Gasteiger partial charge in [0.05, 0.1) is 12.2 Å². The molecule has 98 valence electrons. The predicted octanol–water partition coefficient (Wildman–Crippen LogP) is 3.19. The first-order valence-corrected chi connectivity index (χ1v) is 6.53. The highest BCUT2D eigenvalue weighted by Gasteiger charge is 2.36. The van der Waals surface area contributed by atoms with E-state index in [1.165, 1.54) is 6.42 Å². The van der Waals surface area contributed by atoms with Crippen LogP contribution in [0.25, 0.3) is 0 Å². The van der Waals surface area contributed by atoms with Crippen LogP contribution in [0.2, 0.25) is 0 Å². The molecule has 3 nitrogen and oxygen atoms in total. The topological polar surface area (TPSA) is 35.5 Å². The normalized spacial score (nSPS) is 18.3. The molecule has 0 bridgehead atoms. The van der Waals surface area contributed by atoms with Gasteiger partial charge in [0.1, 0.15) is 5.60 Å². The van der Waals surface area contributed by atoms with Gasteiger partial charge in [0, 0.05) is 7.11 Å². The predicted molar refractivity (Wildman–Crippen MR) is 69.5 cm³/mol. The highest BCUT2D eigenvalue weighted by Crippen LogP contribution is 2.32. The Morgan fingerprint density at radius 3 is 2.44 bits per heavy atom. The maximum Gasteiger partial charge on any atom is 0.338 e. The molecule has 0 saturated heterocycles. The van der Waals surface area contributed by atoms with Crippen molar-refractivity contribution in [3.05, 3.63) is 35.9 Å². The van der Waals surface area contributed by atoms with Gasteiger partial charge in [0.2, 0.25) is 0 Å². The molecule has 3 heteroatoms. The van der Waals surface area contributed by atoms with Gasteiger partial charge in [-0.3, -0.25) is 0 Å². The Kier molecular flexibility index (Phi) is 4.37. The lowest BCUT2D eigenvalue weighted by atomic mass is 9.85. The molecule has 1 aliphatic rings. The van der Waals surface area contributed by atoms with Crippen LogP contribution in [0, 0.1) is 0 Å². The molecule has 0 aliphatic heterocycles. The van der Waals surface area contributed by atoms with Crippen molar-refractivity contribution >= 4 is 5.97 Å². The van der Waals surface area contributed by atoms with Crippen molar-refractivity contribution in [2.45, 2.75) is 37.7 Å². The zero-order chi connectivity index (χ0) is 12.8. The standard InChI is InChI=1S/C15H20O3/c1-17-12-15(10-6-3-7-11-15)18-14(16)13-8-4-2-5-9-13/h2,4-5,8-9H,3,6-7,10-12H2,1H3. The van der Waals surface area contributed by atoms with Crippen molar-refractivity contribution in [1.82, 2.24) is 0 Å². The first-order valence-electron chi connectivity index (χ1n) is 6.53. The number of hydrogen-bond acceptors (Lipinski definition) is 3. The lowest BCUT2D eigenvalue weighted by molar-refractivity contribution is -0.0755. The fraction of sp³-hybridized carbons (Fsp3) is 0.533. The second-order valence-electron chi connectivity index (χ2n) is 4.93. The van der Waals surface area contributed by atoms with Gasteiger partial charge >= 0.3 is 5.97 Å². The summed E-state index contributed by atoms with van der Waals surface area (Å²) in [5, 5.41) is 0. The van der Waals surface area contributed by atoms with Crippen LogP contribution in [-0.2, 0) is 9.47 Å². The molecule has 0 N–H and O–H groups in total. The summed E-state index contributed by atoms with van der Waals surface area (Å²) in [5.74, 6) is -0.241. The van der Waals surface area contributed by atoms with E-state index in [1.54, 1.807) is 19.2 Å². The molecule has 1 aliphatic carbocycles. The zero-order valence-corrected chi connectivity index (χ0v) is 10.9. The third-order valence-electron chi connectivity index (χ3n) is 3.49. The van der Waals surface area contributed by atoms with E-state index >= 15 is 0 Å². The summed E-state index contributed by atoms with van der Waals surface area (Å²) in [6.07, 6.45) is 5.23. The van der Waals surface area contributed by atoms with E-state index in [1.807, 2.05) is 18.2 Å². The number of carbonyl (C=O) groups excluding carboxylic acids is 1. The molecule has 0 radical (unpaired) electrons. The Morgan fingerprint density at radius 2 is 1.83 bits per heavy atom. The lowest BCUT2D eigenvalue weighted by Gasteiger charge is -2.36. The van der Waals surface area contributed by atoms with Crippen molar-refractivity contribution in [3.8, 4) is 0 Å². The monoisotopic (exact) mass is 248 g/mol. The summed E-state index contributed by atoms with van der Waals surface area (Å²) in [4.78, 5) is 12.1. The Labute approximate surface area is 108 Å². The fourth-order valence-corrected chi connectivity index (χ4v) is 2.56. The largest absolute Gasteiger partial charge is 0.453 e. The minimum atomic E-state index is -0.417. The third kappa shape index (κ3) is 3.10. The minimum absolute atomic E-state index is 0.241. The van der Waals surface area contributed by atoms with Crippen molar-refractivity contribution in [3.63, 3.8) is 0 Å². The Bertz CT molecular complexity index is 374. The zero-order valence-electron chi connectivity index (χ0n) is 10.9. The van der Waals surface area contributed by atoms with E-state index in [0.29, 0.717) is 12.2 Å². The molecule has 0 aromatic heterocycles. The highest BCUT2D eigenvalue weighted by molar-refractivity contribution is 5.89. The number of benzene rings is 1. The molecule has 0 atom stereocenters. The van der Waals surface area contributed by atoms with Crippen molar-refractivity contribution in [2.24, 2.45) is 0 Å². The van der Waals surface area contributed by atoms with Crippen LogP contribution in [0.4, 0.5) is 0 Å². The molecular weight excluding hydrogens is 228 g/mol. The number of hydrogen-bond donors (Lipinski definition) is 0. The summed E-state index contributed by atoms with van der Waals surface area (Å²) in [5.41, 5.74) is 0.193. The van der Waals surface area contributed by atoms with Crippen LogP contribution in [0.15, 0.2) is 30.3 Å². The van der Waals surface area contributed by atoms with Crippen LogP contribution in [0.3, 0.4) is 0 Å². The van der Waals surface area contributed by atoms with Crippen LogP contribution >= 0.6 is 0 Å². The molecule has 1 saturated carbocycles. The SMILES string of the molecule is COCC1(OC(=O)c2ccccc2)CCCCC1. The average Bonchev–Trinajstić information content (AvgIpc) is 2.41. The van der Waals surface area contributed by atoms with Gasteiger partial charge in [-0.15, -0.1) is 0 Å². The summed E-state index contributed by atoms with van der Waals surface area (Å²) in [6.45, 7) is 0.492. The first-order chi connectivity index (χ1) is 8.76. The van der Waals surface area contributed by atoms with Gasteiger partial charge in [-0.25, -0.2) is 4.79 Å². The molecule has 2 rings (SSSR count). The first kappa shape index (κ1) is 13.1. The summed E-state index contributed by atoms with van der Waals surface area (Å²) in [7, 11) is 1.66. The Morgan fingerprint density at radius 1 is 1.17 bits per heavy atom. The quantitative estimate of drug-likeness (QED) is 0.768. The summed E-state index contributed by atoms with van der Waals surface area (Å²) in [6, 6.07) is 9.15. The number of methoxy groups -OCH3 is 1. The van der Waals surface area contributed by atoms with Gasteiger partial charge in [-0.2, -0.15) is 0 Å². The van der Waals surface area contributed by atoms with Gasteiger partial charge in [-0.05, 0) is 37.8 Å². The highest BCUT2D eigenvalue weighted by atomic mass is 16.6. The number of ether oxygens (including phenoxy) is 2. The third-order valence-corrected chi connectivity index (χ3v) is 3.49. The van der Waals surface area contributed by atoms with E-state index in [-0.39, 0.29) is 5.97 Å². The van der Waals surface area contributed by atoms with E-state index in [4.69, 9.17) is 9.47 Å². The second-order valence-corrected chi connectivity index (χ2v) is 4.93. The van der Waals surface area contributed by atoms with E-state index in [9.17, 15) is 4.79 Å². The van der Waals surface area contributed by atoms with Crippen LogP contribution in [-0.4, -0.2) is 25.3 Å². The Hall–Kier alpha value is -1.35. The smallest absolute Gasteiger partial charge is 0.338 e. The second kappa shape index (κ2) is 6.01. The fourth-order valence-electron chi connectivity index (χ4n) is 2.56. The molecular formula is C15H20O3. The molecule has 0 spiro atoms. The van der Waals surface area contributed by atoms with Crippen molar-refractivity contribution in [1.29, 1.82) is 0 Å². The number of rotatable bonds is 4. The lowest BCUT2D eigenvalue weighted by Crippen LogP contribution is -2.41. The summed E-state index contributed by atoms with van der Waals surface area (Å²) >= 11 is 0. The Balaban J connectivity index is 2.07. The molecule has 18 heavy (non-hydrogen) atoms. The van der Waals surface area contributed by atoms with E-state index in [2.05, 4.69) is 0 Å². The maximum absolute atomic E-state index is 12.1. The van der Waals surface area contributed by atoms with Crippen molar-refractivity contribution in [2.75, 3.05) is 13.7 Å². The average molecular weight is 248 g/mol. The van der Waals surface area contributed by atoms with Crippen LogP contribution < -0.4 is 0 Å². The van der Waals surface area contributed by atoms with Crippen molar-refractivity contribution < 1.29 is 14.3 Å². The minimum Gasteiger partial charge on any atom is -0.453 e. The van der Waals surface area contributed by atoms with E-state index in [0.717, 1.165) is 25.7 Å². The number of carbonyl (C=O) groups is 1. The summed E-state index contributed by atoms with van der Waals surface area (Å²) < 4.78 is 11.0. The van der Waals surface area contributed by atoms with Crippen LogP contribution in [0.1, 0.15) is 42.5 Å². The molecule has 0 unspecified atom stereocenters. The maximum atomic E-state index is 12.1. The van der Waals surface area contributed by atoms with Gasteiger partial charge in [0.25, 0.3) is 0 Å².